The molecule has 4 aromatic rings. The van der Waals surface area contributed by atoms with E-state index in [-0.39, 0.29) is 5.91 Å². The van der Waals surface area contributed by atoms with Crippen molar-refractivity contribution in [1.29, 1.82) is 0 Å². The molecule has 40 heavy (non-hydrogen) atoms. The number of nitrogens with zero attached hydrogens (tertiary/aromatic N) is 1. The smallest absolute Gasteiger partial charge is 0.250 e. The van der Waals surface area contributed by atoms with Gasteiger partial charge in [0.05, 0.1) is 28.2 Å². The molecule has 4 aliphatic rings. The minimum Gasteiger partial charge on any atom is -0.486 e. The predicted octanol–water partition coefficient (Wildman–Crippen LogP) is 3.76. The maximum atomic E-state index is 14.3. The number of carbonyl (C=O) groups is 3. The number of aromatic amines is 1. The fraction of sp³-hybridized carbons (Fsp3) is 0.233. The van der Waals surface area contributed by atoms with Crippen LogP contribution in [0.25, 0.3) is 10.9 Å². The van der Waals surface area contributed by atoms with Crippen molar-refractivity contribution < 1.29 is 23.9 Å². The van der Waals surface area contributed by atoms with E-state index in [1.54, 1.807) is 36.4 Å². The van der Waals surface area contributed by atoms with E-state index in [2.05, 4.69) is 15.6 Å². The number of hydrogen-bond donors (Lipinski definition) is 3. The number of halogens is 1. The molecule has 0 radical (unpaired) electrons. The third kappa shape index (κ3) is 3.04. The summed E-state index contributed by atoms with van der Waals surface area (Å²) in [7, 11) is 0. The maximum Gasteiger partial charge on any atom is 0.250 e. The van der Waals surface area contributed by atoms with E-state index < -0.39 is 35.2 Å². The molecule has 1 aromatic heterocycles. The van der Waals surface area contributed by atoms with Gasteiger partial charge in [-0.2, -0.15) is 0 Å². The summed E-state index contributed by atoms with van der Waals surface area (Å²) in [5, 5.41) is 7.79. The van der Waals surface area contributed by atoms with Crippen molar-refractivity contribution in [3.05, 3.63) is 83.0 Å². The fourth-order valence-corrected chi connectivity index (χ4v) is 7.15. The Bertz CT molecular complexity index is 1770. The van der Waals surface area contributed by atoms with Crippen molar-refractivity contribution in [1.82, 2.24) is 10.3 Å². The van der Waals surface area contributed by atoms with Crippen LogP contribution in [0.5, 0.6) is 11.5 Å². The van der Waals surface area contributed by atoms with Crippen LogP contribution >= 0.6 is 11.6 Å². The molecule has 2 saturated heterocycles. The Hall–Kier alpha value is -4.34. The molecule has 200 valence electrons. The second-order valence-corrected chi connectivity index (χ2v) is 11.0. The van der Waals surface area contributed by atoms with Crippen molar-refractivity contribution in [3.8, 4) is 11.5 Å². The normalized spacial score (nSPS) is 26.5. The highest BCUT2D eigenvalue weighted by atomic mass is 35.5. The number of aromatic nitrogens is 1. The summed E-state index contributed by atoms with van der Waals surface area (Å²) in [6, 6.07) is 17.7. The molecule has 4 aliphatic heterocycles. The first-order chi connectivity index (χ1) is 19.5. The number of amides is 3. The predicted molar refractivity (Wildman–Crippen MR) is 148 cm³/mol. The SMILES string of the molecule is O=C1[C@@H]2[C@H](Cc3c[nH]c4ccccc34)N[C@@]3(C(=O)Nc4c(Cl)cccc43)[C@H]2C(=O)N1c1ccc2c(c1)OCCO2. The summed E-state index contributed by atoms with van der Waals surface area (Å²) >= 11 is 6.48. The molecule has 0 unspecified atom stereocenters. The summed E-state index contributed by atoms with van der Waals surface area (Å²) in [5.74, 6) is -1.91. The minimum atomic E-state index is -1.45. The zero-order valence-electron chi connectivity index (χ0n) is 21.1. The first-order valence-corrected chi connectivity index (χ1v) is 13.6. The Morgan fingerprint density at radius 1 is 0.950 bits per heavy atom. The van der Waals surface area contributed by atoms with Crippen LogP contribution in [0.4, 0.5) is 11.4 Å². The van der Waals surface area contributed by atoms with Crippen molar-refractivity contribution in [2.75, 3.05) is 23.4 Å². The lowest BCUT2D eigenvalue weighted by atomic mass is 9.76. The molecule has 5 heterocycles. The third-order valence-corrected chi connectivity index (χ3v) is 8.91. The van der Waals surface area contributed by atoms with Gasteiger partial charge >= 0.3 is 0 Å². The van der Waals surface area contributed by atoms with E-state index in [1.807, 2.05) is 30.5 Å². The summed E-state index contributed by atoms with van der Waals surface area (Å²) in [4.78, 5) is 46.9. The average Bonchev–Trinajstić information content (AvgIpc) is 3.68. The number of nitrogens with one attached hydrogen (secondary N) is 3. The molecule has 0 aliphatic carbocycles. The summed E-state index contributed by atoms with van der Waals surface area (Å²) < 4.78 is 11.4. The highest BCUT2D eigenvalue weighted by Crippen LogP contribution is 2.55. The van der Waals surface area contributed by atoms with Gasteiger partial charge < -0.3 is 19.8 Å². The van der Waals surface area contributed by atoms with Crippen LogP contribution in [0.2, 0.25) is 5.02 Å². The molecule has 1 spiro atoms. The van der Waals surface area contributed by atoms with E-state index >= 15 is 0 Å². The number of rotatable bonds is 3. The first-order valence-electron chi connectivity index (χ1n) is 13.2. The fourth-order valence-electron chi connectivity index (χ4n) is 6.93. The van der Waals surface area contributed by atoms with Crippen LogP contribution in [-0.4, -0.2) is 42.0 Å². The Kier molecular flexibility index (Phi) is 4.90. The van der Waals surface area contributed by atoms with Gasteiger partial charge in [0.2, 0.25) is 17.7 Å². The average molecular weight is 555 g/mol. The van der Waals surface area contributed by atoms with Crippen LogP contribution in [-0.2, 0) is 26.3 Å². The van der Waals surface area contributed by atoms with Gasteiger partial charge in [-0.1, -0.05) is 41.9 Å². The number of fused-ring (bicyclic) bond motifs is 6. The largest absolute Gasteiger partial charge is 0.486 e. The number of benzene rings is 3. The van der Waals surface area contributed by atoms with Gasteiger partial charge in [0.25, 0.3) is 0 Å². The van der Waals surface area contributed by atoms with Crippen LogP contribution in [0.15, 0.2) is 66.9 Å². The molecule has 3 aromatic carbocycles. The molecule has 9 nitrogen and oxygen atoms in total. The van der Waals surface area contributed by atoms with Gasteiger partial charge in [0, 0.05) is 34.8 Å². The number of H-pyrrole nitrogens is 1. The lowest BCUT2D eigenvalue weighted by molar-refractivity contribution is -0.130. The topological polar surface area (TPSA) is 113 Å². The van der Waals surface area contributed by atoms with Crippen LogP contribution in [0.1, 0.15) is 11.1 Å². The van der Waals surface area contributed by atoms with Crippen molar-refractivity contribution in [3.63, 3.8) is 0 Å². The van der Waals surface area contributed by atoms with Crippen LogP contribution in [0, 0.1) is 11.8 Å². The first kappa shape index (κ1) is 23.5. The van der Waals surface area contributed by atoms with Crippen molar-refractivity contribution in [2.24, 2.45) is 11.8 Å². The second kappa shape index (κ2) is 8.33. The molecule has 0 saturated carbocycles. The third-order valence-electron chi connectivity index (χ3n) is 8.60. The van der Waals surface area contributed by atoms with Crippen molar-refractivity contribution >= 4 is 51.6 Å². The Balaban J connectivity index is 1.27. The Morgan fingerprint density at radius 3 is 2.65 bits per heavy atom. The van der Waals surface area contributed by atoms with E-state index in [9.17, 15) is 14.4 Å². The molecule has 2 fully saturated rings. The van der Waals surface area contributed by atoms with E-state index in [4.69, 9.17) is 21.1 Å². The van der Waals surface area contributed by atoms with Crippen LogP contribution in [0.3, 0.4) is 0 Å². The summed E-state index contributed by atoms with van der Waals surface area (Å²) in [5.41, 5.74) is 1.95. The zero-order chi connectivity index (χ0) is 27.2. The molecular weight excluding hydrogens is 532 g/mol. The molecule has 4 atom stereocenters. The molecule has 3 amide bonds. The summed E-state index contributed by atoms with van der Waals surface area (Å²) in [6.45, 7) is 0.805. The lowest BCUT2D eigenvalue weighted by Crippen LogP contribution is -2.53. The van der Waals surface area contributed by atoms with Gasteiger partial charge in [-0.15, -0.1) is 0 Å². The number of hydrogen-bond acceptors (Lipinski definition) is 6. The number of para-hydroxylation sites is 2. The lowest BCUT2D eigenvalue weighted by Gasteiger charge is -2.30. The van der Waals surface area contributed by atoms with Gasteiger partial charge in [-0.25, -0.2) is 4.90 Å². The second-order valence-electron chi connectivity index (χ2n) is 10.6. The highest BCUT2D eigenvalue weighted by Gasteiger charge is 2.70. The van der Waals surface area contributed by atoms with E-state index in [0.29, 0.717) is 53.1 Å². The molecule has 10 heteroatoms. The number of carbonyl (C=O) groups excluding carboxylic acids is 3. The molecule has 8 rings (SSSR count). The Labute approximate surface area is 233 Å². The highest BCUT2D eigenvalue weighted by molar-refractivity contribution is 6.35. The number of imide groups is 1. The standard InChI is InChI=1S/C30H23ClN4O5/c31-19-6-3-5-18-26(19)33-29(38)30(18)25-24(21(34-30)12-15-14-32-20-7-2-1-4-17(15)20)27(36)35(28(25)37)16-8-9-22-23(13-16)40-11-10-39-22/h1-9,13-14,21,24-25,32,34H,10-12H2,(H,33,38)/t21-,24+,25+,30+/m0/s1. The minimum absolute atomic E-state index is 0.357. The Morgan fingerprint density at radius 2 is 1.77 bits per heavy atom. The maximum absolute atomic E-state index is 14.3. The van der Waals surface area contributed by atoms with Gasteiger partial charge in [0.15, 0.2) is 11.5 Å². The van der Waals surface area contributed by atoms with Gasteiger partial charge in [-0.05, 0) is 36.2 Å². The number of anilines is 2. The van der Waals surface area contributed by atoms with Crippen molar-refractivity contribution in [2.45, 2.75) is 18.0 Å². The molecule has 3 N–H and O–H groups in total. The quantitative estimate of drug-likeness (QED) is 0.332. The van der Waals surface area contributed by atoms with E-state index in [1.165, 1.54) is 4.90 Å². The summed E-state index contributed by atoms with van der Waals surface area (Å²) in [6.07, 6.45) is 2.36. The molecule has 0 bridgehead atoms. The van der Waals surface area contributed by atoms with Crippen LogP contribution < -0.4 is 25.0 Å². The molecular formula is C30H23ClN4O5. The van der Waals surface area contributed by atoms with E-state index in [0.717, 1.165) is 16.5 Å². The monoisotopic (exact) mass is 554 g/mol. The van der Waals surface area contributed by atoms with Gasteiger partial charge in [-0.3, -0.25) is 19.7 Å². The van der Waals surface area contributed by atoms with Gasteiger partial charge in [0.1, 0.15) is 18.8 Å². The number of ether oxygens (including phenoxy) is 2. The zero-order valence-corrected chi connectivity index (χ0v) is 21.8.